The highest BCUT2D eigenvalue weighted by Gasteiger charge is 2.21. The standard InChI is InChI=1S/C19H19NO6/c1-12-6-7-14(15(21)8-12)19(23)25-11-18(22)20-9-13-10-24-16-4-2-3-5-17(16)26-13/h2-8,13,21H,9-11H2,1H3,(H,20,22)/t13-/m1/s1. The molecule has 136 valence electrons. The van der Waals surface area contributed by atoms with Crippen LogP contribution in [0.4, 0.5) is 0 Å². The summed E-state index contributed by atoms with van der Waals surface area (Å²) in [7, 11) is 0. The van der Waals surface area contributed by atoms with Crippen molar-refractivity contribution in [2.24, 2.45) is 0 Å². The summed E-state index contributed by atoms with van der Waals surface area (Å²) in [6.45, 7) is 1.88. The average molecular weight is 357 g/mol. The Morgan fingerprint density at radius 3 is 2.77 bits per heavy atom. The molecule has 1 atom stereocenters. The molecular formula is C19H19NO6. The smallest absolute Gasteiger partial charge is 0.342 e. The Labute approximate surface area is 150 Å². The number of amides is 1. The summed E-state index contributed by atoms with van der Waals surface area (Å²) in [5.41, 5.74) is 0.831. The second kappa shape index (κ2) is 7.77. The Bertz CT molecular complexity index is 819. The van der Waals surface area contributed by atoms with Crippen molar-refractivity contribution in [1.82, 2.24) is 5.32 Å². The SMILES string of the molecule is Cc1ccc(C(=O)OCC(=O)NC[C@@H]2COc3ccccc3O2)c(O)c1. The van der Waals surface area contributed by atoms with E-state index in [2.05, 4.69) is 5.32 Å². The zero-order valence-electron chi connectivity index (χ0n) is 14.2. The monoisotopic (exact) mass is 357 g/mol. The number of benzene rings is 2. The number of nitrogens with one attached hydrogen (secondary N) is 1. The number of phenols is 1. The van der Waals surface area contributed by atoms with Gasteiger partial charge in [0.25, 0.3) is 5.91 Å². The number of para-hydroxylation sites is 2. The van der Waals surface area contributed by atoms with Crippen LogP contribution in [0.5, 0.6) is 17.2 Å². The van der Waals surface area contributed by atoms with Gasteiger partial charge >= 0.3 is 5.97 Å². The van der Waals surface area contributed by atoms with Crippen molar-refractivity contribution in [3.05, 3.63) is 53.6 Å². The molecule has 1 amide bonds. The first-order chi connectivity index (χ1) is 12.5. The summed E-state index contributed by atoms with van der Waals surface area (Å²) >= 11 is 0. The Morgan fingerprint density at radius 1 is 1.23 bits per heavy atom. The average Bonchev–Trinajstić information content (AvgIpc) is 2.64. The lowest BCUT2D eigenvalue weighted by atomic mass is 10.1. The van der Waals surface area contributed by atoms with Gasteiger partial charge in [-0.05, 0) is 36.8 Å². The van der Waals surface area contributed by atoms with E-state index in [9.17, 15) is 14.7 Å². The fourth-order valence-electron chi connectivity index (χ4n) is 2.47. The maximum atomic E-state index is 11.9. The van der Waals surface area contributed by atoms with E-state index in [1.807, 2.05) is 18.2 Å². The lowest BCUT2D eigenvalue weighted by molar-refractivity contribution is -0.124. The molecule has 1 aliphatic heterocycles. The number of aromatic hydroxyl groups is 1. The highest BCUT2D eigenvalue weighted by atomic mass is 16.6. The molecule has 26 heavy (non-hydrogen) atoms. The molecule has 2 aromatic rings. The van der Waals surface area contributed by atoms with Crippen LogP contribution in [0, 0.1) is 6.92 Å². The molecule has 3 rings (SSSR count). The van der Waals surface area contributed by atoms with Gasteiger partial charge in [0.15, 0.2) is 18.1 Å². The number of hydrogen-bond acceptors (Lipinski definition) is 6. The second-order valence-corrected chi connectivity index (χ2v) is 5.90. The van der Waals surface area contributed by atoms with E-state index in [4.69, 9.17) is 14.2 Å². The van der Waals surface area contributed by atoms with Crippen molar-refractivity contribution in [2.45, 2.75) is 13.0 Å². The molecule has 2 N–H and O–H groups in total. The third-order valence-corrected chi connectivity index (χ3v) is 3.80. The molecule has 1 aliphatic rings. The van der Waals surface area contributed by atoms with Gasteiger partial charge in [0.05, 0.1) is 6.54 Å². The van der Waals surface area contributed by atoms with Crippen LogP contribution in [0.2, 0.25) is 0 Å². The normalized spacial score (nSPS) is 15.2. The van der Waals surface area contributed by atoms with Crippen LogP contribution in [0.1, 0.15) is 15.9 Å². The first-order valence-electron chi connectivity index (χ1n) is 8.15. The van der Waals surface area contributed by atoms with Gasteiger partial charge in [0, 0.05) is 0 Å². The molecule has 0 unspecified atom stereocenters. The zero-order chi connectivity index (χ0) is 18.5. The van der Waals surface area contributed by atoms with Gasteiger partial charge in [-0.15, -0.1) is 0 Å². The molecule has 0 saturated heterocycles. The number of fused-ring (bicyclic) bond motifs is 1. The van der Waals surface area contributed by atoms with Crippen molar-refractivity contribution in [1.29, 1.82) is 0 Å². The van der Waals surface area contributed by atoms with E-state index < -0.39 is 18.5 Å². The molecule has 0 saturated carbocycles. The van der Waals surface area contributed by atoms with Gasteiger partial charge in [-0.1, -0.05) is 18.2 Å². The van der Waals surface area contributed by atoms with Crippen molar-refractivity contribution in [3.8, 4) is 17.2 Å². The molecule has 0 aromatic heterocycles. The Balaban J connectivity index is 1.44. The number of carbonyl (C=O) groups excluding carboxylic acids is 2. The quantitative estimate of drug-likeness (QED) is 0.793. The Hall–Kier alpha value is -3.22. The van der Waals surface area contributed by atoms with Crippen LogP contribution >= 0.6 is 0 Å². The van der Waals surface area contributed by atoms with E-state index in [1.54, 1.807) is 19.1 Å². The molecule has 0 radical (unpaired) electrons. The Morgan fingerprint density at radius 2 is 2.00 bits per heavy atom. The first-order valence-corrected chi connectivity index (χ1v) is 8.15. The highest BCUT2D eigenvalue weighted by molar-refractivity contribution is 5.93. The van der Waals surface area contributed by atoms with Crippen LogP contribution < -0.4 is 14.8 Å². The van der Waals surface area contributed by atoms with E-state index in [-0.39, 0.29) is 24.0 Å². The molecule has 0 spiro atoms. The highest BCUT2D eigenvalue weighted by Crippen LogP contribution is 2.30. The van der Waals surface area contributed by atoms with E-state index >= 15 is 0 Å². The molecule has 0 aliphatic carbocycles. The van der Waals surface area contributed by atoms with Gasteiger partial charge in [0.2, 0.25) is 0 Å². The minimum Gasteiger partial charge on any atom is -0.507 e. The third kappa shape index (κ3) is 4.24. The van der Waals surface area contributed by atoms with Crippen LogP contribution in [-0.4, -0.2) is 42.8 Å². The van der Waals surface area contributed by atoms with E-state index in [1.165, 1.54) is 12.1 Å². The first kappa shape index (κ1) is 17.6. The van der Waals surface area contributed by atoms with Crippen LogP contribution in [0.15, 0.2) is 42.5 Å². The molecule has 1 heterocycles. The fourth-order valence-corrected chi connectivity index (χ4v) is 2.47. The molecule has 7 heteroatoms. The maximum Gasteiger partial charge on any atom is 0.342 e. The van der Waals surface area contributed by atoms with Gasteiger partial charge < -0.3 is 24.6 Å². The second-order valence-electron chi connectivity index (χ2n) is 5.90. The van der Waals surface area contributed by atoms with Crippen molar-refractivity contribution in [3.63, 3.8) is 0 Å². The number of hydrogen-bond donors (Lipinski definition) is 2. The van der Waals surface area contributed by atoms with Gasteiger partial charge in [-0.3, -0.25) is 4.79 Å². The minimum absolute atomic E-state index is 0.0176. The summed E-state index contributed by atoms with van der Waals surface area (Å²) in [5.74, 6) is -0.112. The molecule has 2 aromatic carbocycles. The van der Waals surface area contributed by atoms with Crippen molar-refractivity contribution >= 4 is 11.9 Å². The van der Waals surface area contributed by atoms with Crippen LogP contribution in [0.25, 0.3) is 0 Å². The van der Waals surface area contributed by atoms with Crippen LogP contribution in [-0.2, 0) is 9.53 Å². The lowest BCUT2D eigenvalue weighted by Gasteiger charge is -2.26. The lowest BCUT2D eigenvalue weighted by Crippen LogP contribution is -2.42. The summed E-state index contributed by atoms with van der Waals surface area (Å²) < 4.78 is 16.2. The van der Waals surface area contributed by atoms with Crippen LogP contribution in [0.3, 0.4) is 0 Å². The summed E-state index contributed by atoms with van der Waals surface area (Å²) in [4.78, 5) is 23.8. The van der Waals surface area contributed by atoms with Gasteiger partial charge in [0.1, 0.15) is 24.0 Å². The predicted octanol–water partition coefficient (Wildman–Crippen LogP) is 1.81. The summed E-state index contributed by atoms with van der Waals surface area (Å²) in [5, 5.41) is 12.4. The third-order valence-electron chi connectivity index (χ3n) is 3.80. The largest absolute Gasteiger partial charge is 0.507 e. The zero-order valence-corrected chi connectivity index (χ0v) is 14.2. The Kier molecular flexibility index (Phi) is 5.26. The number of aryl methyl sites for hydroxylation is 1. The topological polar surface area (TPSA) is 94.1 Å². The van der Waals surface area contributed by atoms with Crippen molar-refractivity contribution in [2.75, 3.05) is 19.8 Å². The number of carbonyl (C=O) groups is 2. The maximum absolute atomic E-state index is 11.9. The summed E-state index contributed by atoms with van der Waals surface area (Å²) in [6.07, 6.45) is -0.328. The van der Waals surface area contributed by atoms with Crippen molar-refractivity contribution < 1.29 is 28.9 Å². The molecular weight excluding hydrogens is 338 g/mol. The number of ether oxygens (including phenoxy) is 3. The van der Waals surface area contributed by atoms with E-state index in [0.29, 0.717) is 18.1 Å². The number of esters is 1. The summed E-state index contributed by atoms with van der Waals surface area (Å²) in [6, 6.07) is 11.9. The number of phenolic OH excluding ortho intramolecular Hbond substituents is 1. The number of rotatable bonds is 5. The predicted molar refractivity (Wildman–Crippen MR) is 92.5 cm³/mol. The molecule has 0 bridgehead atoms. The molecule has 7 nitrogen and oxygen atoms in total. The fraction of sp³-hybridized carbons (Fsp3) is 0.263. The van der Waals surface area contributed by atoms with Gasteiger partial charge in [-0.25, -0.2) is 4.79 Å². The molecule has 0 fully saturated rings. The minimum atomic E-state index is -0.760. The van der Waals surface area contributed by atoms with Gasteiger partial charge in [-0.2, -0.15) is 0 Å². The van der Waals surface area contributed by atoms with E-state index in [0.717, 1.165) is 5.56 Å².